The maximum Gasteiger partial charge on any atom is 0.309 e. The van der Waals surface area contributed by atoms with Gasteiger partial charge in [0, 0.05) is 17.3 Å². The highest BCUT2D eigenvalue weighted by Crippen LogP contribution is 2.46. The van der Waals surface area contributed by atoms with Crippen LogP contribution in [-0.4, -0.2) is 22.5 Å². The molecule has 0 amide bonds. The Kier molecular flexibility index (Phi) is 2.90. The lowest BCUT2D eigenvalue weighted by Gasteiger charge is -2.02. The van der Waals surface area contributed by atoms with Crippen LogP contribution in [0.5, 0.6) is 0 Å². The second-order valence-corrected chi connectivity index (χ2v) is 4.21. The lowest BCUT2D eigenvalue weighted by Crippen LogP contribution is -2.08. The second kappa shape index (κ2) is 4.20. The Balaban J connectivity index is 2.08. The Morgan fingerprint density at radius 3 is 2.62 bits per heavy atom. The Bertz CT molecular complexity index is 397. The number of hydrogen-bond donors (Lipinski definition) is 0. The van der Waals surface area contributed by atoms with Gasteiger partial charge in [0.05, 0.1) is 12.5 Å². The van der Waals surface area contributed by atoms with Gasteiger partial charge >= 0.3 is 5.97 Å². The normalized spacial score (nSPS) is 22.9. The molecule has 2 rings (SSSR count). The molecule has 0 radical (unpaired) electrons. The highest BCUT2D eigenvalue weighted by Gasteiger charge is 2.47. The minimum absolute atomic E-state index is 0.0267. The molecule has 1 aromatic rings. The first kappa shape index (κ1) is 11.0. The van der Waals surface area contributed by atoms with Crippen LogP contribution in [0, 0.1) is 19.8 Å². The third-order valence-electron chi connectivity index (χ3n) is 2.71. The monoisotopic (exact) mass is 220 g/mol. The molecule has 0 N–H and O–H groups in total. The van der Waals surface area contributed by atoms with Crippen molar-refractivity contribution in [3.63, 3.8) is 0 Å². The summed E-state index contributed by atoms with van der Waals surface area (Å²) in [4.78, 5) is 20.2. The van der Waals surface area contributed by atoms with Gasteiger partial charge in [-0.3, -0.25) is 4.79 Å². The molecule has 0 spiro atoms. The molecular formula is C12H16N2O2. The van der Waals surface area contributed by atoms with Gasteiger partial charge in [-0.25, -0.2) is 9.97 Å². The smallest absolute Gasteiger partial charge is 0.309 e. The molecule has 86 valence electrons. The fourth-order valence-electron chi connectivity index (χ4n) is 1.91. The van der Waals surface area contributed by atoms with Crippen molar-refractivity contribution < 1.29 is 9.53 Å². The van der Waals surface area contributed by atoms with E-state index in [1.165, 1.54) is 0 Å². The molecule has 1 saturated carbocycles. The van der Waals surface area contributed by atoms with Crippen molar-refractivity contribution >= 4 is 5.97 Å². The van der Waals surface area contributed by atoms with E-state index in [1.807, 2.05) is 26.8 Å². The maximum atomic E-state index is 11.5. The van der Waals surface area contributed by atoms with E-state index in [0.717, 1.165) is 23.6 Å². The number of carbonyl (C=O) groups excluding carboxylic acids is 1. The van der Waals surface area contributed by atoms with Crippen molar-refractivity contribution in [1.29, 1.82) is 0 Å². The largest absolute Gasteiger partial charge is 0.466 e. The first-order valence-corrected chi connectivity index (χ1v) is 5.60. The first-order valence-electron chi connectivity index (χ1n) is 5.60. The summed E-state index contributed by atoms with van der Waals surface area (Å²) in [5, 5.41) is 0. The Labute approximate surface area is 95.1 Å². The van der Waals surface area contributed by atoms with Crippen molar-refractivity contribution in [2.24, 2.45) is 5.92 Å². The molecule has 1 fully saturated rings. The topological polar surface area (TPSA) is 52.1 Å². The van der Waals surface area contributed by atoms with E-state index >= 15 is 0 Å². The molecule has 1 aliphatic carbocycles. The summed E-state index contributed by atoms with van der Waals surface area (Å²) in [5.74, 6) is 0.810. The highest BCUT2D eigenvalue weighted by molar-refractivity contribution is 5.77. The highest BCUT2D eigenvalue weighted by atomic mass is 16.5. The molecule has 0 saturated heterocycles. The third kappa shape index (κ3) is 2.21. The summed E-state index contributed by atoms with van der Waals surface area (Å²) >= 11 is 0. The van der Waals surface area contributed by atoms with E-state index < -0.39 is 0 Å². The van der Waals surface area contributed by atoms with Gasteiger partial charge in [0.2, 0.25) is 0 Å². The predicted molar refractivity (Wildman–Crippen MR) is 59.0 cm³/mol. The summed E-state index contributed by atoms with van der Waals surface area (Å²) in [5.41, 5.74) is 1.91. The van der Waals surface area contributed by atoms with Gasteiger partial charge < -0.3 is 4.74 Å². The number of carbonyl (C=O) groups is 1. The van der Waals surface area contributed by atoms with Crippen molar-refractivity contribution in [3.8, 4) is 0 Å². The zero-order valence-corrected chi connectivity index (χ0v) is 9.86. The average molecular weight is 220 g/mol. The molecular weight excluding hydrogens is 204 g/mol. The summed E-state index contributed by atoms with van der Waals surface area (Å²) in [7, 11) is 0. The number of aryl methyl sites for hydroxylation is 2. The van der Waals surface area contributed by atoms with E-state index in [2.05, 4.69) is 9.97 Å². The average Bonchev–Trinajstić information content (AvgIpc) is 2.95. The molecule has 1 aliphatic rings. The number of esters is 1. The fourth-order valence-corrected chi connectivity index (χ4v) is 1.91. The van der Waals surface area contributed by atoms with Crippen LogP contribution in [0.1, 0.15) is 36.5 Å². The molecule has 4 heteroatoms. The molecule has 0 bridgehead atoms. The minimum Gasteiger partial charge on any atom is -0.466 e. The van der Waals surface area contributed by atoms with Crippen molar-refractivity contribution in [3.05, 3.63) is 23.3 Å². The minimum atomic E-state index is -0.116. The number of aromatic nitrogens is 2. The Morgan fingerprint density at radius 1 is 1.44 bits per heavy atom. The zero-order valence-electron chi connectivity index (χ0n) is 9.86. The summed E-state index contributed by atoms with van der Waals surface area (Å²) in [6.45, 7) is 6.15. The SMILES string of the molecule is CCOC(=O)[C@H]1C[C@@H]1c1nc(C)cc(C)n1. The van der Waals surface area contributed by atoms with Crippen molar-refractivity contribution in [2.45, 2.75) is 33.1 Å². The Hall–Kier alpha value is -1.45. The first-order chi connectivity index (χ1) is 7.61. The van der Waals surface area contributed by atoms with Crippen LogP contribution in [0.2, 0.25) is 0 Å². The van der Waals surface area contributed by atoms with Crippen molar-refractivity contribution in [2.75, 3.05) is 6.61 Å². The number of nitrogens with zero attached hydrogens (tertiary/aromatic N) is 2. The molecule has 2 atom stereocenters. The van der Waals surface area contributed by atoms with E-state index in [9.17, 15) is 4.79 Å². The van der Waals surface area contributed by atoms with Gasteiger partial charge in [-0.15, -0.1) is 0 Å². The van der Waals surface area contributed by atoms with E-state index in [0.29, 0.717) is 6.61 Å². The van der Waals surface area contributed by atoms with Crippen LogP contribution in [0.3, 0.4) is 0 Å². The van der Waals surface area contributed by atoms with Crippen LogP contribution in [-0.2, 0) is 9.53 Å². The number of rotatable bonds is 3. The van der Waals surface area contributed by atoms with Crippen LogP contribution in [0.25, 0.3) is 0 Å². The van der Waals surface area contributed by atoms with Crippen LogP contribution < -0.4 is 0 Å². The van der Waals surface area contributed by atoms with Gasteiger partial charge in [-0.05, 0) is 33.3 Å². The van der Waals surface area contributed by atoms with Gasteiger partial charge in [0.1, 0.15) is 5.82 Å². The predicted octanol–water partition coefficient (Wildman–Crippen LogP) is 1.76. The molecule has 0 unspecified atom stereocenters. The fraction of sp³-hybridized carbons (Fsp3) is 0.583. The molecule has 1 heterocycles. The lowest BCUT2D eigenvalue weighted by molar-refractivity contribution is -0.144. The van der Waals surface area contributed by atoms with E-state index in [1.54, 1.807) is 0 Å². The molecule has 4 nitrogen and oxygen atoms in total. The molecule has 0 aliphatic heterocycles. The van der Waals surface area contributed by atoms with Crippen LogP contribution >= 0.6 is 0 Å². The Morgan fingerprint density at radius 2 is 2.06 bits per heavy atom. The molecule has 0 aromatic carbocycles. The summed E-state index contributed by atoms with van der Waals surface area (Å²) in [6, 6.07) is 1.94. The molecule has 1 aromatic heterocycles. The molecule has 16 heavy (non-hydrogen) atoms. The van der Waals surface area contributed by atoms with Gasteiger partial charge in [0.15, 0.2) is 0 Å². The van der Waals surface area contributed by atoms with Gasteiger partial charge in [-0.2, -0.15) is 0 Å². The second-order valence-electron chi connectivity index (χ2n) is 4.21. The standard InChI is InChI=1S/C12H16N2O2/c1-4-16-12(15)10-6-9(10)11-13-7(2)5-8(3)14-11/h5,9-10H,4,6H2,1-3H3/t9-,10-/m0/s1. The van der Waals surface area contributed by atoms with Gasteiger partial charge in [-0.1, -0.05) is 0 Å². The van der Waals surface area contributed by atoms with E-state index in [4.69, 9.17) is 4.74 Å². The zero-order chi connectivity index (χ0) is 11.7. The van der Waals surface area contributed by atoms with Gasteiger partial charge in [0.25, 0.3) is 0 Å². The van der Waals surface area contributed by atoms with E-state index in [-0.39, 0.29) is 17.8 Å². The van der Waals surface area contributed by atoms with Crippen LogP contribution in [0.4, 0.5) is 0 Å². The number of ether oxygens (including phenoxy) is 1. The van der Waals surface area contributed by atoms with Crippen molar-refractivity contribution in [1.82, 2.24) is 9.97 Å². The maximum absolute atomic E-state index is 11.5. The quantitative estimate of drug-likeness (QED) is 0.728. The number of hydrogen-bond acceptors (Lipinski definition) is 4. The summed E-state index contributed by atoms with van der Waals surface area (Å²) < 4.78 is 4.98. The lowest BCUT2D eigenvalue weighted by atomic mass is 10.2. The third-order valence-corrected chi connectivity index (χ3v) is 2.71. The van der Waals surface area contributed by atoms with Crippen LogP contribution in [0.15, 0.2) is 6.07 Å². The summed E-state index contributed by atoms with van der Waals surface area (Å²) in [6.07, 6.45) is 0.821.